The molecule has 2 heterocycles. The molecule has 2 atom stereocenters. The lowest BCUT2D eigenvalue weighted by Gasteiger charge is -2.33. The Morgan fingerprint density at radius 1 is 1.23 bits per heavy atom. The van der Waals surface area contributed by atoms with E-state index in [1.165, 1.54) is 0 Å². The van der Waals surface area contributed by atoms with Crippen molar-refractivity contribution in [1.29, 1.82) is 0 Å². The molecular weight excluding hydrogens is 396 g/mol. The number of aromatic amines is 1. The molecule has 1 saturated heterocycles. The van der Waals surface area contributed by atoms with Crippen molar-refractivity contribution in [3.8, 4) is 0 Å². The van der Waals surface area contributed by atoms with Crippen LogP contribution in [0, 0.1) is 11.8 Å². The van der Waals surface area contributed by atoms with Gasteiger partial charge in [0, 0.05) is 36.6 Å². The minimum atomic E-state index is -1.02. The maximum absolute atomic E-state index is 12.8. The fraction of sp³-hybridized carbons (Fsp3) is 0.522. The summed E-state index contributed by atoms with van der Waals surface area (Å²) >= 11 is 0. The first-order valence-electron chi connectivity index (χ1n) is 10.9. The number of para-hydroxylation sites is 1. The number of carbonyl (C=O) groups is 3. The Labute approximate surface area is 182 Å². The van der Waals surface area contributed by atoms with Gasteiger partial charge in [-0.25, -0.2) is 4.79 Å². The lowest BCUT2D eigenvalue weighted by atomic mass is 9.94. The van der Waals surface area contributed by atoms with Gasteiger partial charge >= 0.3 is 5.97 Å². The Morgan fingerprint density at radius 2 is 1.90 bits per heavy atom. The number of likely N-dealkylation sites (tertiary alicyclic amines) is 1. The smallest absolute Gasteiger partial charge is 0.326 e. The van der Waals surface area contributed by atoms with E-state index in [0.717, 1.165) is 16.6 Å². The van der Waals surface area contributed by atoms with E-state index in [1.54, 1.807) is 4.90 Å². The normalized spacial score (nSPS) is 17.0. The maximum Gasteiger partial charge on any atom is 0.326 e. The van der Waals surface area contributed by atoms with Crippen LogP contribution < -0.4 is 11.1 Å². The van der Waals surface area contributed by atoms with Crippen LogP contribution in [0.1, 0.15) is 38.8 Å². The molecular formula is C23H32N4O4. The van der Waals surface area contributed by atoms with E-state index in [4.69, 9.17) is 5.73 Å². The van der Waals surface area contributed by atoms with Crippen LogP contribution in [0.25, 0.3) is 10.9 Å². The molecule has 8 nitrogen and oxygen atoms in total. The number of fused-ring (bicyclic) bond motifs is 1. The summed E-state index contributed by atoms with van der Waals surface area (Å²) in [6.45, 7) is 4.73. The van der Waals surface area contributed by atoms with Crippen LogP contribution in [0.15, 0.2) is 30.3 Å². The number of nitrogens with one attached hydrogen (secondary N) is 2. The third kappa shape index (κ3) is 5.85. The fourth-order valence-corrected chi connectivity index (χ4v) is 4.15. The largest absolute Gasteiger partial charge is 0.480 e. The van der Waals surface area contributed by atoms with Gasteiger partial charge in [0.1, 0.15) is 6.04 Å². The molecule has 5 N–H and O–H groups in total. The zero-order valence-electron chi connectivity index (χ0n) is 18.1. The number of carbonyl (C=O) groups excluding carboxylic acids is 2. The van der Waals surface area contributed by atoms with Crippen LogP contribution in [-0.4, -0.2) is 57.9 Å². The van der Waals surface area contributed by atoms with Crippen molar-refractivity contribution in [3.05, 3.63) is 36.0 Å². The van der Waals surface area contributed by atoms with Gasteiger partial charge in [-0.1, -0.05) is 32.0 Å². The van der Waals surface area contributed by atoms with Crippen LogP contribution in [0.4, 0.5) is 0 Å². The number of hydrogen-bond donors (Lipinski definition) is 4. The molecule has 2 aromatic rings. The van der Waals surface area contributed by atoms with Crippen LogP contribution in [-0.2, 0) is 20.8 Å². The van der Waals surface area contributed by atoms with Crippen molar-refractivity contribution in [2.75, 3.05) is 13.1 Å². The second-order valence-electron chi connectivity index (χ2n) is 8.82. The monoisotopic (exact) mass is 428 g/mol. The first-order chi connectivity index (χ1) is 14.7. The Balaban J connectivity index is 1.50. The van der Waals surface area contributed by atoms with E-state index < -0.39 is 18.1 Å². The highest BCUT2D eigenvalue weighted by Crippen LogP contribution is 2.20. The van der Waals surface area contributed by atoms with Crippen molar-refractivity contribution in [3.63, 3.8) is 0 Å². The molecule has 1 aromatic heterocycles. The number of piperidine rings is 1. The van der Waals surface area contributed by atoms with Crippen LogP contribution in [0.2, 0.25) is 0 Å². The fourth-order valence-electron chi connectivity index (χ4n) is 4.15. The summed E-state index contributed by atoms with van der Waals surface area (Å²) in [6, 6.07) is 8.39. The van der Waals surface area contributed by atoms with Crippen molar-refractivity contribution < 1.29 is 19.5 Å². The average Bonchev–Trinajstić information content (AvgIpc) is 3.14. The number of carboxylic acid groups (broad SMARTS) is 1. The Kier molecular flexibility index (Phi) is 7.33. The molecule has 0 aliphatic carbocycles. The molecule has 168 valence electrons. The SMILES string of the molecule is CC(C)CC(NC(=O)C1CCN(C(=O)C(N)Cc2cc3ccccc3[nH]2)CC1)C(=O)O. The second-order valence-corrected chi connectivity index (χ2v) is 8.82. The summed E-state index contributed by atoms with van der Waals surface area (Å²) in [5.41, 5.74) is 8.12. The van der Waals surface area contributed by atoms with E-state index in [2.05, 4.69) is 10.3 Å². The number of hydrogen-bond acceptors (Lipinski definition) is 4. The Bertz CT molecular complexity index is 898. The van der Waals surface area contributed by atoms with Gasteiger partial charge in [-0.2, -0.15) is 0 Å². The minimum absolute atomic E-state index is 0.124. The standard InChI is InChI=1S/C23H32N4O4/c1-14(2)11-20(23(30)31)26-21(28)15-7-9-27(10-8-15)22(29)18(24)13-17-12-16-5-3-4-6-19(16)25-17/h3-6,12,14-15,18,20,25H,7-11,13,24H2,1-2H3,(H,26,28)(H,30,31). The highest BCUT2D eigenvalue weighted by atomic mass is 16.4. The zero-order valence-corrected chi connectivity index (χ0v) is 18.1. The molecule has 31 heavy (non-hydrogen) atoms. The molecule has 0 saturated carbocycles. The molecule has 1 fully saturated rings. The minimum Gasteiger partial charge on any atom is -0.480 e. The molecule has 3 rings (SSSR count). The van der Waals surface area contributed by atoms with Gasteiger partial charge in [0.15, 0.2) is 0 Å². The van der Waals surface area contributed by atoms with E-state index in [9.17, 15) is 19.5 Å². The summed E-state index contributed by atoms with van der Waals surface area (Å²) in [6.07, 6.45) is 1.82. The lowest BCUT2D eigenvalue weighted by Crippen LogP contribution is -2.51. The highest BCUT2D eigenvalue weighted by molar-refractivity contribution is 5.86. The summed E-state index contributed by atoms with van der Waals surface area (Å²) in [7, 11) is 0. The molecule has 8 heteroatoms. The number of H-pyrrole nitrogens is 1. The predicted molar refractivity (Wildman–Crippen MR) is 118 cm³/mol. The first kappa shape index (κ1) is 22.8. The van der Waals surface area contributed by atoms with Crippen LogP contribution in [0.5, 0.6) is 0 Å². The van der Waals surface area contributed by atoms with Crippen molar-refractivity contribution in [2.24, 2.45) is 17.6 Å². The molecule has 1 aromatic carbocycles. The first-order valence-corrected chi connectivity index (χ1v) is 10.9. The second kappa shape index (κ2) is 9.96. The van der Waals surface area contributed by atoms with Gasteiger partial charge in [0.05, 0.1) is 6.04 Å². The Morgan fingerprint density at radius 3 is 2.52 bits per heavy atom. The number of nitrogens with two attached hydrogens (primary N) is 1. The zero-order chi connectivity index (χ0) is 22.5. The summed E-state index contributed by atoms with van der Waals surface area (Å²) in [4.78, 5) is 41.7. The van der Waals surface area contributed by atoms with Gasteiger partial charge in [-0.15, -0.1) is 0 Å². The van der Waals surface area contributed by atoms with Crippen LogP contribution >= 0.6 is 0 Å². The van der Waals surface area contributed by atoms with E-state index in [-0.39, 0.29) is 23.7 Å². The number of aliphatic carboxylic acids is 1. The van der Waals surface area contributed by atoms with Crippen molar-refractivity contribution >= 4 is 28.7 Å². The number of carboxylic acids is 1. The van der Waals surface area contributed by atoms with Gasteiger partial charge < -0.3 is 26.0 Å². The van der Waals surface area contributed by atoms with E-state index in [0.29, 0.717) is 38.8 Å². The summed E-state index contributed by atoms with van der Waals surface area (Å²) in [5, 5.41) is 13.1. The molecule has 0 bridgehead atoms. The van der Waals surface area contributed by atoms with Gasteiger partial charge in [0.25, 0.3) is 0 Å². The average molecular weight is 429 g/mol. The summed E-state index contributed by atoms with van der Waals surface area (Å²) in [5.74, 6) is -1.51. The topological polar surface area (TPSA) is 129 Å². The third-order valence-electron chi connectivity index (χ3n) is 5.84. The van der Waals surface area contributed by atoms with Gasteiger partial charge in [-0.3, -0.25) is 9.59 Å². The Hall–Kier alpha value is -2.87. The molecule has 1 aliphatic rings. The number of aromatic nitrogens is 1. The van der Waals surface area contributed by atoms with E-state index in [1.807, 2.05) is 44.2 Å². The number of benzene rings is 1. The summed E-state index contributed by atoms with van der Waals surface area (Å²) < 4.78 is 0. The number of rotatable bonds is 8. The quantitative estimate of drug-likeness (QED) is 0.510. The molecule has 2 amide bonds. The number of amides is 2. The predicted octanol–water partition coefficient (Wildman–Crippen LogP) is 1.89. The van der Waals surface area contributed by atoms with E-state index >= 15 is 0 Å². The lowest BCUT2D eigenvalue weighted by molar-refractivity contribution is -0.143. The van der Waals surface area contributed by atoms with Gasteiger partial charge in [-0.05, 0) is 42.7 Å². The van der Waals surface area contributed by atoms with Gasteiger partial charge in [0.2, 0.25) is 11.8 Å². The molecule has 2 unspecified atom stereocenters. The molecule has 0 radical (unpaired) electrons. The third-order valence-corrected chi connectivity index (χ3v) is 5.84. The maximum atomic E-state index is 12.8. The van der Waals surface area contributed by atoms with Crippen LogP contribution in [0.3, 0.4) is 0 Å². The molecule has 1 aliphatic heterocycles. The highest BCUT2D eigenvalue weighted by Gasteiger charge is 2.31. The van der Waals surface area contributed by atoms with Crippen molar-refractivity contribution in [1.82, 2.24) is 15.2 Å². The number of nitrogens with zero attached hydrogens (tertiary/aromatic N) is 1. The van der Waals surface area contributed by atoms with Crippen molar-refractivity contribution in [2.45, 2.75) is 51.6 Å². The molecule has 0 spiro atoms.